The summed E-state index contributed by atoms with van der Waals surface area (Å²) in [5, 5.41) is 8.92. The summed E-state index contributed by atoms with van der Waals surface area (Å²) in [7, 11) is 0. The van der Waals surface area contributed by atoms with E-state index < -0.39 is 0 Å². The minimum atomic E-state index is 0.241. The Kier molecular flexibility index (Phi) is 5.71. The normalized spacial score (nSPS) is 9.71. The Morgan fingerprint density at radius 1 is 1.53 bits per heavy atom. The van der Waals surface area contributed by atoms with Gasteiger partial charge in [-0.05, 0) is 24.6 Å². The molecule has 4 heteroatoms. The van der Waals surface area contributed by atoms with Crippen LogP contribution in [-0.4, -0.2) is 12.4 Å². The average Bonchev–Trinajstić information content (AvgIpc) is 2.35. The SMILES string of the molecule is CCC(=O)CCCOc1ccc(Br)cc1C#N. The van der Waals surface area contributed by atoms with Crippen molar-refractivity contribution < 1.29 is 9.53 Å². The molecule has 1 aromatic carbocycles. The summed E-state index contributed by atoms with van der Waals surface area (Å²) in [6.45, 7) is 2.31. The van der Waals surface area contributed by atoms with E-state index in [1.165, 1.54) is 0 Å². The van der Waals surface area contributed by atoms with Gasteiger partial charge in [0.05, 0.1) is 12.2 Å². The highest BCUT2D eigenvalue weighted by Gasteiger charge is 2.04. The lowest BCUT2D eigenvalue weighted by molar-refractivity contribution is -0.118. The zero-order valence-electron chi connectivity index (χ0n) is 9.70. The smallest absolute Gasteiger partial charge is 0.137 e. The van der Waals surface area contributed by atoms with E-state index >= 15 is 0 Å². The molecular weight excluding hydrogens is 282 g/mol. The number of hydrogen-bond donors (Lipinski definition) is 0. The molecule has 0 aliphatic rings. The molecule has 3 nitrogen and oxygen atoms in total. The number of ketones is 1. The van der Waals surface area contributed by atoms with Crippen LogP contribution in [0.2, 0.25) is 0 Å². The Morgan fingerprint density at radius 3 is 2.94 bits per heavy atom. The lowest BCUT2D eigenvalue weighted by atomic mass is 10.2. The maximum absolute atomic E-state index is 11.1. The Labute approximate surface area is 110 Å². The van der Waals surface area contributed by atoms with Gasteiger partial charge < -0.3 is 4.74 Å². The Morgan fingerprint density at radius 2 is 2.29 bits per heavy atom. The molecule has 0 bridgehead atoms. The summed E-state index contributed by atoms with van der Waals surface area (Å²) in [6, 6.07) is 7.37. The van der Waals surface area contributed by atoms with Crippen molar-refractivity contribution in [3.63, 3.8) is 0 Å². The largest absolute Gasteiger partial charge is 0.492 e. The standard InChI is InChI=1S/C13H14BrNO2/c1-2-12(16)4-3-7-17-13-6-5-11(14)8-10(13)9-15/h5-6,8H,2-4,7H2,1H3. The first kappa shape index (κ1) is 13.7. The van der Waals surface area contributed by atoms with E-state index in [1.807, 2.05) is 13.0 Å². The number of nitrogens with zero attached hydrogens (tertiary/aromatic N) is 1. The molecule has 0 fully saturated rings. The molecule has 0 atom stereocenters. The van der Waals surface area contributed by atoms with Gasteiger partial charge in [-0.25, -0.2) is 0 Å². The van der Waals surface area contributed by atoms with Gasteiger partial charge >= 0.3 is 0 Å². The molecule has 0 radical (unpaired) electrons. The Balaban J connectivity index is 2.47. The van der Waals surface area contributed by atoms with Crippen molar-refractivity contribution in [3.05, 3.63) is 28.2 Å². The summed E-state index contributed by atoms with van der Waals surface area (Å²) in [6.07, 6.45) is 1.80. The lowest BCUT2D eigenvalue weighted by Gasteiger charge is -2.07. The molecule has 1 aromatic rings. The van der Waals surface area contributed by atoms with Crippen molar-refractivity contribution in [2.75, 3.05) is 6.61 Å². The molecule has 0 aliphatic carbocycles. The number of benzene rings is 1. The summed E-state index contributed by atoms with van der Waals surface area (Å²) >= 11 is 3.30. The zero-order valence-corrected chi connectivity index (χ0v) is 11.3. The second-order valence-corrected chi connectivity index (χ2v) is 4.51. The van der Waals surface area contributed by atoms with Crippen molar-refractivity contribution in [2.24, 2.45) is 0 Å². The van der Waals surface area contributed by atoms with Crippen LogP contribution in [0.1, 0.15) is 31.7 Å². The summed E-state index contributed by atoms with van der Waals surface area (Å²) in [5.74, 6) is 0.810. The minimum absolute atomic E-state index is 0.241. The minimum Gasteiger partial charge on any atom is -0.492 e. The average molecular weight is 296 g/mol. The predicted octanol–water partition coefficient (Wildman–Crippen LogP) is 3.46. The summed E-state index contributed by atoms with van der Waals surface area (Å²) in [5.41, 5.74) is 0.501. The van der Waals surface area contributed by atoms with Gasteiger partial charge in [-0.2, -0.15) is 5.26 Å². The van der Waals surface area contributed by atoms with Gasteiger partial charge in [0, 0.05) is 17.3 Å². The quantitative estimate of drug-likeness (QED) is 0.755. The van der Waals surface area contributed by atoms with E-state index in [0.29, 0.717) is 37.2 Å². The van der Waals surface area contributed by atoms with Gasteiger partial charge in [-0.1, -0.05) is 22.9 Å². The fourth-order valence-corrected chi connectivity index (χ4v) is 1.70. The number of Topliss-reactive ketones (excluding diaryl/α,β-unsaturated/α-hetero) is 1. The molecule has 1 rings (SSSR count). The summed E-state index contributed by atoms with van der Waals surface area (Å²) in [4.78, 5) is 11.1. The molecule has 90 valence electrons. The Bertz CT molecular complexity index is 438. The number of halogens is 1. The number of carbonyl (C=O) groups is 1. The van der Waals surface area contributed by atoms with Crippen LogP contribution >= 0.6 is 15.9 Å². The lowest BCUT2D eigenvalue weighted by Crippen LogP contribution is -2.03. The first-order chi connectivity index (χ1) is 8.17. The van der Waals surface area contributed by atoms with Crippen molar-refractivity contribution in [3.8, 4) is 11.8 Å². The molecule has 0 heterocycles. The number of rotatable bonds is 6. The highest BCUT2D eigenvalue weighted by molar-refractivity contribution is 9.10. The van der Waals surface area contributed by atoms with E-state index in [2.05, 4.69) is 22.0 Å². The molecule has 0 spiro atoms. The molecule has 0 N–H and O–H groups in total. The van der Waals surface area contributed by atoms with Crippen LogP contribution in [0.3, 0.4) is 0 Å². The van der Waals surface area contributed by atoms with E-state index in [9.17, 15) is 4.79 Å². The van der Waals surface area contributed by atoms with Crippen LogP contribution in [-0.2, 0) is 4.79 Å². The van der Waals surface area contributed by atoms with Crippen molar-refractivity contribution in [1.29, 1.82) is 5.26 Å². The predicted molar refractivity (Wildman–Crippen MR) is 68.9 cm³/mol. The third-order valence-corrected chi connectivity index (χ3v) is 2.81. The molecule has 0 unspecified atom stereocenters. The van der Waals surface area contributed by atoms with Crippen LogP contribution in [0.5, 0.6) is 5.75 Å². The first-order valence-electron chi connectivity index (χ1n) is 5.51. The topological polar surface area (TPSA) is 50.1 Å². The highest BCUT2D eigenvalue weighted by atomic mass is 79.9. The van der Waals surface area contributed by atoms with E-state index in [-0.39, 0.29) is 5.78 Å². The van der Waals surface area contributed by atoms with Gasteiger partial charge in [-0.3, -0.25) is 4.79 Å². The number of carbonyl (C=O) groups excluding carboxylic acids is 1. The summed E-state index contributed by atoms with van der Waals surface area (Å²) < 4.78 is 6.33. The Hall–Kier alpha value is -1.34. The number of hydrogen-bond acceptors (Lipinski definition) is 3. The third-order valence-electron chi connectivity index (χ3n) is 2.31. The van der Waals surface area contributed by atoms with Crippen LogP contribution in [0.15, 0.2) is 22.7 Å². The molecule has 0 aliphatic heterocycles. The molecule has 17 heavy (non-hydrogen) atoms. The van der Waals surface area contributed by atoms with Crippen LogP contribution in [0.25, 0.3) is 0 Å². The zero-order chi connectivity index (χ0) is 12.7. The van der Waals surface area contributed by atoms with Crippen LogP contribution < -0.4 is 4.74 Å². The first-order valence-corrected chi connectivity index (χ1v) is 6.30. The van der Waals surface area contributed by atoms with Crippen LogP contribution in [0.4, 0.5) is 0 Å². The third kappa shape index (κ3) is 4.58. The molecule has 0 amide bonds. The maximum Gasteiger partial charge on any atom is 0.137 e. The maximum atomic E-state index is 11.1. The molecular formula is C13H14BrNO2. The van der Waals surface area contributed by atoms with Gasteiger partial charge in [0.1, 0.15) is 17.6 Å². The molecule has 0 saturated carbocycles. The van der Waals surface area contributed by atoms with Gasteiger partial charge in [0.15, 0.2) is 0 Å². The number of nitriles is 1. The second kappa shape index (κ2) is 7.08. The number of ether oxygens (including phenoxy) is 1. The van der Waals surface area contributed by atoms with Gasteiger partial charge in [0.2, 0.25) is 0 Å². The fourth-order valence-electron chi connectivity index (χ4n) is 1.34. The van der Waals surface area contributed by atoms with Gasteiger partial charge in [0.25, 0.3) is 0 Å². The van der Waals surface area contributed by atoms with Gasteiger partial charge in [-0.15, -0.1) is 0 Å². The van der Waals surface area contributed by atoms with Crippen molar-refractivity contribution in [1.82, 2.24) is 0 Å². The highest BCUT2D eigenvalue weighted by Crippen LogP contribution is 2.22. The molecule has 0 saturated heterocycles. The fraction of sp³-hybridized carbons (Fsp3) is 0.385. The monoisotopic (exact) mass is 295 g/mol. The van der Waals surface area contributed by atoms with E-state index in [1.54, 1.807) is 12.1 Å². The van der Waals surface area contributed by atoms with E-state index in [4.69, 9.17) is 10.00 Å². The molecule has 0 aromatic heterocycles. The van der Waals surface area contributed by atoms with Crippen molar-refractivity contribution in [2.45, 2.75) is 26.2 Å². The van der Waals surface area contributed by atoms with Crippen LogP contribution in [0, 0.1) is 11.3 Å². The van der Waals surface area contributed by atoms with Crippen molar-refractivity contribution >= 4 is 21.7 Å². The van der Waals surface area contributed by atoms with E-state index in [0.717, 1.165) is 4.47 Å². The second-order valence-electron chi connectivity index (χ2n) is 3.60.